The number of nitrogen functional groups attached to an aromatic ring is 1. The molecule has 8 saturated heterocycles. The van der Waals surface area contributed by atoms with Crippen LogP contribution >= 0.6 is 34.8 Å². The summed E-state index contributed by atoms with van der Waals surface area (Å²) < 4.78 is 59.7. The molecule has 0 radical (unpaired) electrons. The van der Waals surface area contributed by atoms with Gasteiger partial charge in [0.2, 0.25) is 11.2 Å². The van der Waals surface area contributed by atoms with Crippen molar-refractivity contribution in [3.63, 3.8) is 0 Å². The lowest BCUT2D eigenvalue weighted by Crippen LogP contribution is -2.64. The average molecular weight is 1450 g/mol. The maximum atomic E-state index is 12.4. The largest absolute Gasteiger partial charge is 0.495 e. The van der Waals surface area contributed by atoms with Crippen molar-refractivity contribution in [2.75, 3.05) is 125 Å². The number of rotatable bonds is 18. The van der Waals surface area contributed by atoms with Gasteiger partial charge in [0.15, 0.2) is 31.3 Å². The van der Waals surface area contributed by atoms with E-state index in [0.29, 0.717) is 80.2 Å². The van der Waals surface area contributed by atoms with Crippen molar-refractivity contribution in [2.24, 2.45) is 0 Å². The molecule has 24 nitrogen and oxygen atoms in total. The molecule has 99 heavy (non-hydrogen) atoms. The molecule has 16 rings (SSSR count). The predicted octanol–water partition coefficient (Wildman–Crippen LogP) is 11.0. The topological polar surface area (TPSA) is 271 Å². The highest BCUT2D eigenvalue weighted by Gasteiger charge is 2.43. The van der Waals surface area contributed by atoms with Crippen LogP contribution in [0.4, 0.5) is 51.7 Å². The lowest BCUT2D eigenvalue weighted by Gasteiger charge is -2.54. The number of halogens is 3. The Kier molecular flexibility index (Phi) is 22.3. The van der Waals surface area contributed by atoms with Gasteiger partial charge in [-0.3, -0.25) is 29.7 Å². The Bertz CT molecular complexity index is 4460. The summed E-state index contributed by atoms with van der Waals surface area (Å²) in [5, 5.41) is 10.1. The highest BCUT2D eigenvalue weighted by Crippen LogP contribution is 2.41. The van der Waals surface area contributed by atoms with Gasteiger partial charge in [0, 0.05) is 172 Å². The summed E-state index contributed by atoms with van der Waals surface area (Å²) in [6.07, 6.45) is 23.6. The Morgan fingerprint density at radius 1 is 0.515 bits per heavy atom. The summed E-state index contributed by atoms with van der Waals surface area (Å²) in [5.41, 5.74) is 16.8. The number of sulfone groups is 2. The molecule has 4 unspecified atom stereocenters. The Hall–Kier alpha value is -7.27. The number of nitrogens with one attached hydrogen (secondary N) is 3. The standard InChI is InChI=1S/C35H44ClN9O3S.C21H34N4O.C14H11Cl2N5O2S/c1-5-22-16-30(32(48-3)17-31(22)44-14-10-23(11-15-44)45-20-24-6-7-25(45)19-43(24)2)41-35-39-18-27(36)34(42-35)40-28-8-9-29-33(38-13-12-37-29)26(28)21-49(4,46)47;1-4-15-11-19(22)21(26-3)12-20(15)24-9-7-16(8-10-24)25-14-17-5-6-18(25)13-23(17)2;1-24(22,23)7-8-10(2-3-11-12(8)18-5-4-17-11)20-13-9(15)6-19-14(16)21-13/h8-9,12-13,16-18,23-25H,5-7,10-11,14-15,19-21H2,1-4H3,(H2,39,40,41,42);11-12,16-18H,4-10,13-14,22H2,1-3H3;2-6H,7H2,1H3,(H,19,20,21). The number of piperazine rings is 2. The molecule has 29 heteroatoms. The van der Waals surface area contributed by atoms with Gasteiger partial charge in [0.1, 0.15) is 21.5 Å². The van der Waals surface area contributed by atoms with Crippen LogP contribution in [0.2, 0.25) is 15.3 Å². The highest BCUT2D eigenvalue weighted by atomic mass is 35.5. The minimum absolute atomic E-state index is 0.0205. The summed E-state index contributed by atoms with van der Waals surface area (Å²) in [5.74, 6) is 1.97. The fourth-order valence-corrected chi connectivity index (χ4v) is 17.4. The zero-order chi connectivity index (χ0) is 69.9. The van der Waals surface area contributed by atoms with Crippen molar-refractivity contribution in [1.82, 2.24) is 59.5 Å². The minimum Gasteiger partial charge on any atom is -0.495 e. The smallest absolute Gasteiger partial charge is 0.229 e. The van der Waals surface area contributed by atoms with E-state index in [4.69, 9.17) is 50.0 Å². The van der Waals surface area contributed by atoms with Crippen molar-refractivity contribution in [3.05, 3.63) is 123 Å². The van der Waals surface area contributed by atoms with Gasteiger partial charge in [-0.25, -0.2) is 26.8 Å². The Morgan fingerprint density at radius 2 is 0.960 bits per heavy atom. The van der Waals surface area contributed by atoms with Gasteiger partial charge in [-0.05, 0) is 137 Å². The number of anilines is 9. The molecule has 8 aliphatic heterocycles. The molecule has 0 aliphatic carbocycles. The van der Waals surface area contributed by atoms with Crippen molar-refractivity contribution < 1.29 is 26.3 Å². The number of ether oxygens (including phenoxy) is 2. The van der Waals surface area contributed by atoms with E-state index in [1.165, 1.54) is 125 Å². The Morgan fingerprint density at radius 3 is 1.40 bits per heavy atom. The van der Waals surface area contributed by atoms with E-state index in [2.05, 4.69) is 137 Å². The van der Waals surface area contributed by atoms with Crippen molar-refractivity contribution >= 4 is 128 Å². The fourth-order valence-electron chi connectivity index (χ4n) is 15.3. The third-order valence-corrected chi connectivity index (χ3v) is 22.7. The van der Waals surface area contributed by atoms with Gasteiger partial charge in [0.05, 0.1) is 71.6 Å². The van der Waals surface area contributed by atoms with Crippen molar-refractivity contribution in [2.45, 2.75) is 126 Å². The van der Waals surface area contributed by atoms with Gasteiger partial charge in [0.25, 0.3) is 0 Å². The fraction of sp³-hybridized carbons (Fsp3) is 0.486. The molecule has 4 aromatic heterocycles. The summed E-state index contributed by atoms with van der Waals surface area (Å²) >= 11 is 18.4. The molecular formula is C70H89Cl3N18O6S2. The lowest BCUT2D eigenvalue weighted by atomic mass is 9.88. The average Bonchev–Trinajstić information content (AvgIpc) is 0.804. The number of methoxy groups -OCH3 is 2. The Balaban J connectivity index is 0.000000156. The number of piperidine rings is 6. The third-order valence-electron chi connectivity index (χ3n) is 20.3. The first-order valence-electron chi connectivity index (χ1n) is 33.9. The number of fused-ring (bicyclic) bond motifs is 8. The SMILES string of the molecule is CCc1cc(N)c(OC)cc1N1CCC(N2CC3CCC2CN3C)CC1.CCc1cc(Nc2ncc(Cl)c(Nc3ccc4nccnc4c3CS(C)(=O)=O)n2)c(OC)cc1N1CCC(N2CC3CCC2CN3C)CC1.CS(=O)(=O)Cc1c(Nc2nc(Cl)ncc2Cl)ccc2nccnc12. The number of aromatic nitrogens is 8. The quantitative estimate of drug-likeness (QED) is 0.0459. The van der Waals surface area contributed by atoms with Crippen LogP contribution in [-0.4, -0.2) is 206 Å². The van der Waals surface area contributed by atoms with Crippen LogP contribution in [0, 0.1) is 0 Å². The van der Waals surface area contributed by atoms with Crippen LogP contribution in [0.1, 0.15) is 87.5 Å². The summed E-state index contributed by atoms with van der Waals surface area (Å²) in [6, 6.07) is 19.8. The second-order valence-electron chi connectivity index (χ2n) is 26.9. The molecule has 0 spiro atoms. The van der Waals surface area contributed by atoms with Gasteiger partial charge in [-0.1, -0.05) is 37.0 Å². The number of hydrogen-bond donors (Lipinski definition) is 4. The van der Waals surface area contributed by atoms with Crippen LogP contribution in [0.15, 0.2) is 85.7 Å². The van der Waals surface area contributed by atoms with E-state index >= 15 is 0 Å². The number of nitrogens with zero attached hydrogens (tertiary/aromatic N) is 14. The Labute approximate surface area is 595 Å². The zero-order valence-electron chi connectivity index (χ0n) is 57.4. The molecule has 528 valence electrons. The minimum atomic E-state index is -3.39. The molecule has 4 aromatic carbocycles. The molecule has 12 heterocycles. The van der Waals surface area contributed by atoms with Crippen molar-refractivity contribution in [1.29, 1.82) is 0 Å². The number of nitrogens with two attached hydrogens (primary N) is 1. The predicted molar refractivity (Wildman–Crippen MR) is 397 cm³/mol. The summed E-state index contributed by atoms with van der Waals surface area (Å²) in [7, 11) is 1.27. The normalized spacial score (nSPS) is 20.3. The molecule has 4 bridgehead atoms. The molecule has 8 aliphatic rings. The van der Waals surface area contributed by atoms with E-state index in [1.807, 2.05) is 0 Å². The maximum Gasteiger partial charge on any atom is 0.229 e. The number of aryl methyl sites for hydroxylation is 2. The van der Waals surface area contributed by atoms with E-state index in [-0.39, 0.29) is 32.7 Å². The van der Waals surface area contributed by atoms with Gasteiger partial charge in [-0.15, -0.1) is 0 Å². The monoisotopic (exact) mass is 1450 g/mol. The molecular weight excluding hydrogens is 1360 g/mol. The lowest BCUT2D eigenvalue weighted by molar-refractivity contribution is -0.0360. The first kappa shape index (κ1) is 71.6. The van der Waals surface area contributed by atoms with Crippen LogP contribution in [0.3, 0.4) is 0 Å². The summed E-state index contributed by atoms with van der Waals surface area (Å²) in [6.45, 7) is 13.6. The highest BCUT2D eigenvalue weighted by molar-refractivity contribution is 7.90. The van der Waals surface area contributed by atoms with Gasteiger partial charge < -0.3 is 50.8 Å². The molecule has 0 amide bonds. The zero-order valence-corrected chi connectivity index (χ0v) is 61.3. The van der Waals surface area contributed by atoms with Crippen LogP contribution < -0.4 is 41.0 Å². The van der Waals surface area contributed by atoms with Crippen LogP contribution in [0.5, 0.6) is 11.5 Å². The maximum absolute atomic E-state index is 12.4. The number of hydrogen-bond acceptors (Lipinski definition) is 24. The summed E-state index contributed by atoms with van der Waals surface area (Å²) in [4.78, 5) is 49.9. The molecule has 0 saturated carbocycles. The first-order valence-corrected chi connectivity index (χ1v) is 39.2. The van der Waals surface area contributed by atoms with E-state index in [1.54, 1.807) is 57.1 Å². The molecule has 8 fully saturated rings. The van der Waals surface area contributed by atoms with E-state index < -0.39 is 19.7 Å². The van der Waals surface area contributed by atoms with E-state index in [0.717, 1.165) is 80.5 Å². The van der Waals surface area contributed by atoms with Gasteiger partial charge in [-0.2, -0.15) is 9.97 Å². The van der Waals surface area contributed by atoms with Crippen LogP contribution in [0.25, 0.3) is 22.1 Å². The number of likely N-dealkylation sites (N-methyl/N-ethyl adjacent to an activating group) is 2. The first-order chi connectivity index (χ1) is 47.5. The van der Waals surface area contributed by atoms with Crippen molar-refractivity contribution in [3.8, 4) is 11.5 Å². The number of benzene rings is 4. The third kappa shape index (κ3) is 16.7. The second kappa shape index (κ2) is 30.9. The second-order valence-corrected chi connectivity index (χ2v) is 32.3. The van der Waals surface area contributed by atoms with Crippen LogP contribution in [-0.2, 0) is 44.0 Å². The van der Waals surface area contributed by atoms with E-state index in [9.17, 15) is 16.8 Å². The molecule has 8 aromatic rings. The molecule has 4 atom stereocenters. The molecule has 5 N–H and O–H groups in total. The van der Waals surface area contributed by atoms with Gasteiger partial charge >= 0.3 is 0 Å².